The molecule has 0 spiro atoms. The highest BCUT2D eigenvalue weighted by Crippen LogP contribution is 2.24. The molecule has 0 radical (unpaired) electrons. The topological polar surface area (TPSA) is 70.2 Å². The fraction of sp³-hybridized carbons (Fsp3) is 0. The zero-order chi connectivity index (χ0) is 11.9. The molecule has 0 aliphatic carbocycles. The van der Waals surface area contributed by atoms with Crippen LogP contribution in [0.15, 0.2) is 27.6 Å². The number of aromatic carboxylic acids is 1. The summed E-state index contributed by atoms with van der Waals surface area (Å²) in [7, 11) is 0. The summed E-state index contributed by atoms with van der Waals surface area (Å²) in [6.45, 7) is 0. The van der Waals surface area contributed by atoms with Gasteiger partial charge in [-0.15, -0.1) is 0 Å². The number of rotatable bonds is 1. The van der Waals surface area contributed by atoms with E-state index in [0.29, 0.717) is 15.0 Å². The van der Waals surface area contributed by atoms with Gasteiger partial charge < -0.3 is 10.1 Å². The van der Waals surface area contributed by atoms with Crippen LogP contribution < -0.4 is 5.43 Å². The molecule has 0 aliphatic heterocycles. The van der Waals surface area contributed by atoms with Crippen molar-refractivity contribution in [3.63, 3.8) is 0 Å². The van der Waals surface area contributed by atoms with Gasteiger partial charge in [-0.2, -0.15) is 0 Å². The Kier molecular flexibility index (Phi) is 2.73. The summed E-state index contributed by atoms with van der Waals surface area (Å²) in [6.07, 6.45) is 1.15. The van der Waals surface area contributed by atoms with E-state index in [4.69, 9.17) is 16.7 Å². The SMILES string of the molecule is O=C(O)c1c[nH]c2c(Cl)cc(Br)cc2c1=O. The third kappa shape index (κ3) is 1.72. The van der Waals surface area contributed by atoms with Gasteiger partial charge in [0, 0.05) is 16.1 Å². The molecule has 2 N–H and O–H groups in total. The minimum absolute atomic E-state index is 0.249. The quantitative estimate of drug-likeness (QED) is 0.851. The van der Waals surface area contributed by atoms with E-state index >= 15 is 0 Å². The zero-order valence-electron chi connectivity index (χ0n) is 7.75. The molecule has 6 heteroatoms. The maximum atomic E-state index is 11.8. The van der Waals surface area contributed by atoms with Crippen molar-refractivity contribution < 1.29 is 9.90 Å². The number of carbonyl (C=O) groups is 1. The summed E-state index contributed by atoms with van der Waals surface area (Å²) >= 11 is 9.11. The van der Waals surface area contributed by atoms with E-state index in [1.807, 2.05) is 0 Å². The van der Waals surface area contributed by atoms with Gasteiger partial charge in [0.2, 0.25) is 5.43 Å². The normalized spacial score (nSPS) is 10.6. The maximum absolute atomic E-state index is 11.8. The molecule has 1 heterocycles. The van der Waals surface area contributed by atoms with Gasteiger partial charge in [0.1, 0.15) is 5.56 Å². The molecule has 0 saturated heterocycles. The number of halogens is 2. The molecule has 0 amide bonds. The second-order valence-corrected chi connectivity index (χ2v) is 4.47. The summed E-state index contributed by atoms with van der Waals surface area (Å²) < 4.78 is 0.623. The zero-order valence-corrected chi connectivity index (χ0v) is 10.1. The molecule has 1 aromatic carbocycles. The lowest BCUT2D eigenvalue weighted by Crippen LogP contribution is -2.15. The monoisotopic (exact) mass is 301 g/mol. The van der Waals surface area contributed by atoms with Crippen molar-refractivity contribution in [3.05, 3.63) is 43.6 Å². The van der Waals surface area contributed by atoms with E-state index in [0.717, 1.165) is 6.20 Å². The summed E-state index contributed by atoms with van der Waals surface area (Å²) in [5.41, 5.74) is -0.425. The molecule has 0 saturated carbocycles. The number of aromatic amines is 1. The number of fused-ring (bicyclic) bond motifs is 1. The highest BCUT2D eigenvalue weighted by molar-refractivity contribution is 9.10. The fourth-order valence-corrected chi connectivity index (χ4v) is 2.28. The number of nitrogens with one attached hydrogen (secondary N) is 1. The van der Waals surface area contributed by atoms with Gasteiger partial charge in [-0.1, -0.05) is 27.5 Å². The predicted molar refractivity (Wildman–Crippen MR) is 64.2 cm³/mol. The van der Waals surface area contributed by atoms with Crippen molar-refractivity contribution in [2.75, 3.05) is 0 Å². The summed E-state index contributed by atoms with van der Waals surface area (Å²) in [6, 6.07) is 3.16. The van der Waals surface area contributed by atoms with Crippen molar-refractivity contribution in [2.24, 2.45) is 0 Å². The van der Waals surface area contributed by atoms with Gasteiger partial charge in [-0.3, -0.25) is 4.79 Å². The molecule has 16 heavy (non-hydrogen) atoms. The Morgan fingerprint density at radius 1 is 1.44 bits per heavy atom. The molecule has 0 bridgehead atoms. The Hall–Kier alpha value is -1.33. The van der Waals surface area contributed by atoms with E-state index in [1.54, 1.807) is 6.07 Å². The number of carboxylic acids is 1. The van der Waals surface area contributed by atoms with Crippen LogP contribution in [0, 0.1) is 0 Å². The van der Waals surface area contributed by atoms with Gasteiger partial charge in [0.25, 0.3) is 0 Å². The van der Waals surface area contributed by atoms with Crippen LogP contribution in [0.1, 0.15) is 10.4 Å². The molecule has 0 unspecified atom stereocenters. The Morgan fingerprint density at radius 3 is 2.75 bits per heavy atom. The molecule has 0 aliphatic rings. The lowest BCUT2D eigenvalue weighted by Gasteiger charge is -2.02. The van der Waals surface area contributed by atoms with Crippen LogP contribution in [0.25, 0.3) is 10.9 Å². The molecular formula is C10H5BrClNO3. The molecule has 4 nitrogen and oxygen atoms in total. The maximum Gasteiger partial charge on any atom is 0.341 e. The number of hydrogen-bond acceptors (Lipinski definition) is 2. The van der Waals surface area contributed by atoms with E-state index < -0.39 is 11.4 Å². The Balaban J connectivity index is 2.95. The molecule has 2 aromatic rings. The van der Waals surface area contributed by atoms with Gasteiger partial charge in [0.15, 0.2) is 0 Å². The van der Waals surface area contributed by atoms with Gasteiger partial charge in [0.05, 0.1) is 10.5 Å². The number of hydrogen-bond donors (Lipinski definition) is 2. The van der Waals surface area contributed by atoms with E-state index in [9.17, 15) is 9.59 Å². The van der Waals surface area contributed by atoms with Crippen LogP contribution in [0.5, 0.6) is 0 Å². The molecule has 82 valence electrons. The van der Waals surface area contributed by atoms with Crippen LogP contribution in [0.3, 0.4) is 0 Å². The first kappa shape index (κ1) is 11.2. The van der Waals surface area contributed by atoms with Crippen molar-refractivity contribution >= 4 is 44.4 Å². The van der Waals surface area contributed by atoms with Crippen LogP contribution in [0.2, 0.25) is 5.02 Å². The van der Waals surface area contributed by atoms with E-state index in [2.05, 4.69) is 20.9 Å². The highest BCUT2D eigenvalue weighted by Gasteiger charge is 2.13. The van der Waals surface area contributed by atoms with Crippen molar-refractivity contribution in [1.82, 2.24) is 4.98 Å². The third-order valence-electron chi connectivity index (χ3n) is 2.14. The van der Waals surface area contributed by atoms with E-state index in [1.165, 1.54) is 6.07 Å². The smallest absolute Gasteiger partial charge is 0.341 e. The van der Waals surface area contributed by atoms with Crippen molar-refractivity contribution in [1.29, 1.82) is 0 Å². The minimum Gasteiger partial charge on any atom is -0.477 e. The highest BCUT2D eigenvalue weighted by atomic mass is 79.9. The average Bonchev–Trinajstić information content (AvgIpc) is 2.19. The Bertz CT molecular complexity index is 650. The third-order valence-corrected chi connectivity index (χ3v) is 2.89. The van der Waals surface area contributed by atoms with Crippen LogP contribution in [-0.2, 0) is 0 Å². The number of H-pyrrole nitrogens is 1. The molecule has 1 aromatic heterocycles. The lowest BCUT2D eigenvalue weighted by molar-refractivity contribution is 0.0695. The lowest BCUT2D eigenvalue weighted by atomic mass is 10.1. The van der Waals surface area contributed by atoms with E-state index in [-0.39, 0.29) is 10.9 Å². The van der Waals surface area contributed by atoms with Crippen LogP contribution in [0.4, 0.5) is 0 Å². The number of aromatic nitrogens is 1. The van der Waals surface area contributed by atoms with Crippen molar-refractivity contribution in [2.45, 2.75) is 0 Å². The second-order valence-electron chi connectivity index (χ2n) is 3.15. The number of benzene rings is 1. The first-order chi connectivity index (χ1) is 7.50. The fourth-order valence-electron chi connectivity index (χ4n) is 1.41. The minimum atomic E-state index is -1.26. The largest absolute Gasteiger partial charge is 0.477 e. The number of carboxylic acid groups (broad SMARTS) is 1. The molecule has 2 rings (SSSR count). The predicted octanol–water partition coefficient (Wildman–Crippen LogP) is 2.64. The summed E-state index contributed by atoms with van der Waals surface area (Å²) in [5.74, 6) is -1.26. The number of pyridine rings is 1. The Morgan fingerprint density at radius 2 is 2.12 bits per heavy atom. The standard InChI is InChI=1S/C10H5BrClNO3/c11-4-1-5-8(7(12)2-4)13-3-6(9(5)14)10(15)16/h1-3H,(H,13,14)(H,15,16). The van der Waals surface area contributed by atoms with Gasteiger partial charge in [-0.25, -0.2) is 4.79 Å². The van der Waals surface area contributed by atoms with Crippen LogP contribution >= 0.6 is 27.5 Å². The first-order valence-corrected chi connectivity index (χ1v) is 5.41. The molecular weight excluding hydrogens is 297 g/mol. The summed E-state index contributed by atoms with van der Waals surface area (Å²) in [4.78, 5) is 25.3. The molecule has 0 atom stereocenters. The first-order valence-electron chi connectivity index (χ1n) is 4.24. The van der Waals surface area contributed by atoms with Gasteiger partial charge in [-0.05, 0) is 12.1 Å². The molecule has 0 fully saturated rings. The Labute approximate surface area is 103 Å². The van der Waals surface area contributed by atoms with Crippen LogP contribution in [-0.4, -0.2) is 16.1 Å². The van der Waals surface area contributed by atoms with Crippen molar-refractivity contribution in [3.8, 4) is 0 Å². The van der Waals surface area contributed by atoms with Gasteiger partial charge >= 0.3 is 5.97 Å². The second kappa shape index (κ2) is 3.92. The summed E-state index contributed by atoms with van der Waals surface area (Å²) in [5, 5.41) is 9.41. The average molecular weight is 303 g/mol.